The highest BCUT2D eigenvalue weighted by Gasteiger charge is 2.01. The summed E-state index contributed by atoms with van der Waals surface area (Å²) in [7, 11) is 0. The molecule has 0 heterocycles. The molecule has 2 rings (SSSR count). The molecule has 0 aliphatic rings. The van der Waals surface area contributed by atoms with Crippen LogP contribution in [0.1, 0.15) is 21.5 Å². The zero-order valence-electron chi connectivity index (χ0n) is 11.7. The molecule has 0 saturated heterocycles. The van der Waals surface area contributed by atoms with E-state index in [2.05, 4.69) is 10.2 Å². The molecular formula is C16H15N3O2S. The van der Waals surface area contributed by atoms with Crippen molar-refractivity contribution < 1.29 is 9.90 Å². The van der Waals surface area contributed by atoms with Crippen molar-refractivity contribution in [3.63, 3.8) is 0 Å². The van der Waals surface area contributed by atoms with Gasteiger partial charge in [0.1, 0.15) is 0 Å². The van der Waals surface area contributed by atoms with Crippen molar-refractivity contribution in [1.29, 1.82) is 0 Å². The van der Waals surface area contributed by atoms with Crippen molar-refractivity contribution in [1.82, 2.24) is 0 Å². The Morgan fingerprint density at radius 2 is 1.95 bits per heavy atom. The number of carboxylic acid groups (broad SMARTS) is 1. The summed E-state index contributed by atoms with van der Waals surface area (Å²) in [5, 5.41) is 17.0. The molecule has 2 aromatic rings. The maximum Gasteiger partial charge on any atom is 0.335 e. The minimum Gasteiger partial charge on any atom is -0.478 e. The molecule has 3 N–H and O–H groups in total. The number of amidine groups is 1. The Kier molecular flexibility index (Phi) is 5.73. The SMILES string of the molecule is NC(=NN=Cc1cccc(C(=O)O)c1)SCc1ccccc1. The van der Waals surface area contributed by atoms with Gasteiger partial charge in [-0.25, -0.2) is 4.79 Å². The van der Waals surface area contributed by atoms with Crippen LogP contribution in [0.25, 0.3) is 0 Å². The van der Waals surface area contributed by atoms with Crippen LogP contribution in [-0.4, -0.2) is 22.5 Å². The molecule has 0 saturated carbocycles. The fourth-order valence-electron chi connectivity index (χ4n) is 1.66. The van der Waals surface area contributed by atoms with Gasteiger partial charge >= 0.3 is 5.97 Å². The van der Waals surface area contributed by atoms with Gasteiger partial charge in [0.05, 0.1) is 11.8 Å². The summed E-state index contributed by atoms with van der Waals surface area (Å²) >= 11 is 1.39. The zero-order valence-corrected chi connectivity index (χ0v) is 12.5. The van der Waals surface area contributed by atoms with Gasteiger partial charge in [0, 0.05) is 5.75 Å². The van der Waals surface area contributed by atoms with Crippen LogP contribution in [0.3, 0.4) is 0 Å². The lowest BCUT2D eigenvalue weighted by Crippen LogP contribution is -2.06. The number of hydrogen-bond acceptors (Lipinski definition) is 4. The van der Waals surface area contributed by atoms with Crippen LogP contribution in [0.5, 0.6) is 0 Å². The number of thioether (sulfide) groups is 1. The molecule has 0 fully saturated rings. The van der Waals surface area contributed by atoms with E-state index in [0.29, 0.717) is 10.7 Å². The van der Waals surface area contributed by atoms with Crippen molar-refractivity contribution in [2.24, 2.45) is 15.9 Å². The van der Waals surface area contributed by atoms with E-state index >= 15 is 0 Å². The van der Waals surface area contributed by atoms with Gasteiger partial charge in [-0.15, -0.1) is 5.10 Å². The summed E-state index contributed by atoms with van der Waals surface area (Å²) in [5.74, 6) is -0.253. The molecule has 0 unspecified atom stereocenters. The van der Waals surface area contributed by atoms with E-state index < -0.39 is 5.97 Å². The average molecular weight is 313 g/mol. The van der Waals surface area contributed by atoms with E-state index in [1.165, 1.54) is 30.1 Å². The van der Waals surface area contributed by atoms with Crippen LogP contribution in [0.15, 0.2) is 64.8 Å². The lowest BCUT2D eigenvalue weighted by atomic mass is 10.1. The molecule has 5 nitrogen and oxygen atoms in total. The first-order valence-corrected chi connectivity index (χ1v) is 7.50. The van der Waals surface area contributed by atoms with Crippen LogP contribution >= 0.6 is 11.8 Å². The Morgan fingerprint density at radius 3 is 2.68 bits per heavy atom. The number of carbonyl (C=O) groups is 1. The van der Waals surface area contributed by atoms with E-state index in [9.17, 15) is 4.79 Å². The molecule has 0 spiro atoms. The van der Waals surface area contributed by atoms with Crippen molar-refractivity contribution in [2.75, 3.05) is 0 Å². The number of carboxylic acids is 1. The molecule has 0 aromatic heterocycles. The van der Waals surface area contributed by atoms with Crippen molar-refractivity contribution in [3.05, 3.63) is 71.3 Å². The Labute approximate surface area is 132 Å². The highest BCUT2D eigenvalue weighted by molar-refractivity contribution is 8.13. The van der Waals surface area contributed by atoms with Gasteiger partial charge in [-0.3, -0.25) is 0 Å². The number of benzene rings is 2. The molecule has 0 aliphatic carbocycles. The second kappa shape index (κ2) is 7.99. The largest absolute Gasteiger partial charge is 0.478 e. The van der Waals surface area contributed by atoms with Crippen LogP contribution in [0, 0.1) is 0 Å². The molecule has 0 amide bonds. The molecule has 22 heavy (non-hydrogen) atoms. The maximum atomic E-state index is 10.9. The van der Waals surface area contributed by atoms with E-state index in [1.54, 1.807) is 12.1 Å². The standard InChI is InChI=1S/C16H15N3O2S/c17-16(22-11-12-5-2-1-3-6-12)19-18-10-13-7-4-8-14(9-13)15(20)21/h1-10H,11H2,(H2,17,19)(H,20,21). The fraction of sp³-hybridized carbons (Fsp3) is 0.0625. The minimum absolute atomic E-state index is 0.208. The van der Waals surface area contributed by atoms with E-state index in [1.807, 2.05) is 30.3 Å². The number of hydrogen-bond donors (Lipinski definition) is 2. The molecule has 0 atom stereocenters. The maximum absolute atomic E-state index is 10.9. The van der Waals surface area contributed by atoms with E-state index in [0.717, 1.165) is 11.3 Å². The second-order valence-corrected chi connectivity index (χ2v) is 5.38. The van der Waals surface area contributed by atoms with E-state index in [4.69, 9.17) is 10.8 Å². The third kappa shape index (κ3) is 5.06. The molecule has 0 bridgehead atoms. The summed E-state index contributed by atoms with van der Waals surface area (Å²) < 4.78 is 0. The molecule has 0 radical (unpaired) electrons. The number of aromatic carboxylic acids is 1. The summed E-state index contributed by atoms with van der Waals surface area (Å²) in [4.78, 5) is 10.9. The summed E-state index contributed by atoms with van der Waals surface area (Å²) in [6.07, 6.45) is 1.47. The molecular weight excluding hydrogens is 298 g/mol. The molecule has 6 heteroatoms. The van der Waals surface area contributed by atoms with Crippen molar-refractivity contribution >= 4 is 29.1 Å². The highest BCUT2D eigenvalue weighted by Crippen LogP contribution is 2.11. The van der Waals surface area contributed by atoms with Gasteiger partial charge in [-0.05, 0) is 23.3 Å². The fourth-order valence-corrected chi connectivity index (χ4v) is 2.28. The van der Waals surface area contributed by atoms with Gasteiger partial charge in [0.15, 0.2) is 5.17 Å². The average Bonchev–Trinajstić information content (AvgIpc) is 2.54. The number of nitrogens with two attached hydrogens (primary N) is 1. The summed E-state index contributed by atoms with van der Waals surface area (Å²) in [6, 6.07) is 16.4. The van der Waals surface area contributed by atoms with Gasteiger partial charge in [0.25, 0.3) is 0 Å². The number of rotatable bonds is 5. The smallest absolute Gasteiger partial charge is 0.335 e. The Hall–Kier alpha value is -2.60. The predicted octanol–water partition coefficient (Wildman–Crippen LogP) is 2.97. The topological polar surface area (TPSA) is 88.0 Å². The first-order chi connectivity index (χ1) is 10.6. The van der Waals surface area contributed by atoms with Crippen LogP contribution in [0.4, 0.5) is 0 Å². The highest BCUT2D eigenvalue weighted by atomic mass is 32.2. The Morgan fingerprint density at radius 1 is 1.18 bits per heavy atom. The lowest BCUT2D eigenvalue weighted by Gasteiger charge is -1.99. The van der Waals surface area contributed by atoms with Crippen LogP contribution < -0.4 is 5.73 Å². The molecule has 0 aliphatic heterocycles. The Bertz CT molecular complexity index is 700. The van der Waals surface area contributed by atoms with Gasteiger partial charge in [-0.1, -0.05) is 54.2 Å². The monoisotopic (exact) mass is 313 g/mol. The van der Waals surface area contributed by atoms with Gasteiger partial charge in [-0.2, -0.15) is 5.10 Å². The summed E-state index contributed by atoms with van der Waals surface area (Å²) in [6.45, 7) is 0. The van der Waals surface area contributed by atoms with Crippen molar-refractivity contribution in [3.8, 4) is 0 Å². The first-order valence-electron chi connectivity index (χ1n) is 6.52. The minimum atomic E-state index is -0.975. The second-order valence-electron chi connectivity index (χ2n) is 4.39. The van der Waals surface area contributed by atoms with E-state index in [-0.39, 0.29) is 5.56 Å². The zero-order chi connectivity index (χ0) is 15.8. The van der Waals surface area contributed by atoms with Crippen molar-refractivity contribution in [2.45, 2.75) is 5.75 Å². The molecule has 112 valence electrons. The third-order valence-corrected chi connectivity index (χ3v) is 3.58. The van der Waals surface area contributed by atoms with Crippen LogP contribution in [-0.2, 0) is 5.75 Å². The van der Waals surface area contributed by atoms with Gasteiger partial charge < -0.3 is 10.8 Å². The first kappa shape index (κ1) is 15.8. The lowest BCUT2D eigenvalue weighted by molar-refractivity contribution is 0.0697. The Balaban J connectivity index is 1.92. The third-order valence-electron chi connectivity index (χ3n) is 2.73. The van der Waals surface area contributed by atoms with Gasteiger partial charge in [0.2, 0.25) is 0 Å². The molecule has 2 aromatic carbocycles. The summed E-state index contributed by atoms with van der Waals surface area (Å²) in [5.41, 5.74) is 7.79. The van der Waals surface area contributed by atoms with Crippen LogP contribution in [0.2, 0.25) is 0 Å². The normalized spacial score (nSPS) is 11.7. The quantitative estimate of drug-likeness (QED) is 0.504. The number of nitrogens with zero attached hydrogens (tertiary/aromatic N) is 2. The predicted molar refractivity (Wildman–Crippen MR) is 90.4 cm³/mol.